The Balaban J connectivity index is 1.73. The van der Waals surface area contributed by atoms with Crippen LogP contribution in [0.15, 0.2) is 36.5 Å². The molecule has 1 aromatic heterocycles. The summed E-state index contributed by atoms with van der Waals surface area (Å²) in [6, 6.07) is 10.9. The van der Waals surface area contributed by atoms with Gasteiger partial charge in [-0.1, -0.05) is 37.1 Å². The number of hydrogen-bond acceptors (Lipinski definition) is 3. The van der Waals surface area contributed by atoms with E-state index in [0.29, 0.717) is 18.8 Å². The summed E-state index contributed by atoms with van der Waals surface area (Å²) in [6.45, 7) is 0.650. The van der Waals surface area contributed by atoms with Gasteiger partial charge in [-0.2, -0.15) is 0 Å². The second-order valence-electron chi connectivity index (χ2n) is 5.52. The van der Waals surface area contributed by atoms with E-state index in [4.69, 9.17) is 4.74 Å². The number of rotatable bonds is 4. The molecule has 0 saturated heterocycles. The lowest BCUT2D eigenvalue weighted by atomic mass is 9.92. The summed E-state index contributed by atoms with van der Waals surface area (Å²) < 4.78 is 6.18. The van der Waals surface area contributed by atoms with Gasteiger partial charge in [-0.3, -0.25) is 4.98 Å². The first-order valence-electron chi connectivity index (χ1n) is 7.50. The molecule has 1 aromatic carbocycles. The van der Waals surface area contributed by atoms with Crippen LogP contribution < -0.4 is 5.32 Å². The maximum Gasteiger partial charge on any atom is 0.0757 e. The second kappa shape index (κ2) is 6.33. The topological polar surface area (TPSA) is 34.1 Å². The molecule has 1 aliphatic carbocycles. The number of para-hydroxylation sites is 1. The van der Waals surface area contributed by atoms with Gasteiger partial charge in [-0.15, -0.1) is 0 Å². The van der Waals surface area contributed by atoms with Crippen LogP contribution in [0, 0.1) is 0 Å². The van der Waals surface area contributed by atoms with Crippen LogP contribution in [0.25, 0.3) is 10.9 Å². The Labute approximate surface area is 120 Å². The summed E-state index contributed by atoms with van der Waals surface area (Å²) in [4.78, 5) is 4.49. The third-order valence-corrected chi connectivity index (χ3v) is 4.24. The second-order valence-corrected chi connectivity index (χ2v) is 5.52. The largest absolute Gasteiger partial charge is 0.372 e. The van der Waals surface area contributed by atoms with E-state index in [2.05, 4.69) is 34.6 Å². The van der Waals surface area contributed by atoms with Gasteiger partial charge < -0.3 is 10.1 Å². The number of aromatic nitrogens is 1. The Kier molecular flexibility index (Phi) is 4.28. The van der Waals surface area contributed by atoms with Crippen LogP contribution in [0.4, 0.5) is 0 Å². The third kappa shape index (κ3) is 2.84. The molecule has 106 valence electrons. The highest BCUT2D eigenvalue weighted by Crippen LogP contribution is 2.23. The monoisotopic (exact) mass is 270 g/mol. The summed E-state index contributed by atoms with van der Waals surface area (Å²) in [7, 11) is 2.03. The summed E-state index contributed by atoms with van der Waals surface area (Å²) in [5.74, 6) is 0. The minimum atomic E-state index is 0.327. The Morgan fingerprint density at radius 1 is 1.20 bits per heavy atom. The Morgan fingerprint density at radius 3 is 2.95 bits per heavy atom. The smallest absolute Gasteiger partial charge is 0.0757 e. The predicted molar refractivity (Wildman–Crippen MR) is 81.6 cm³/mol. The molecule has 1 fully saturated rings. The number of hydrogen-bond donors (Lipinski definition) is 1. The van der Waals surface area contributed by atoms with E-state index in [1.54, 1.807) is 0 Å². The zero-order valence-corrected chi connectivity index (χ0v) is 12.0. The minimum absolute atomic E-state index is 0.327. The molecule has 1 N–H and O–H groups in total. The van der Waals surface area contributed by atoms with Crippen molar-refractivity contribution in [3.63, 3.8) is 0 Å². The highest BCUT2D eigenvalue weighted by atomic mass is 16.5. The minimum Gasteiger partial charge on any atom is -0.372 e. The fourth-order valence-corrected chi connectivity index (χ4v) is 3.11. The van der Waals surface area contributed by atoms with Gasteiger partial charge in [0.05, 0.1) is 18.2 Å². The van der Waals surface area contributed by atoms with Crippen molar-refractivity contribution in [3.8, 4) is 0 Å². The van der Waals surface area contributed by atoms with Gasteiger partial charge in [0.15, 0.2) is 0 Å². The number of pyridine rings is 1. The molecule has 3 rings (SSSR count). The van der Waals surface area contributed by atoms with E-state index >= 15 is 0 Å². The molecule has 2 aromatic rings. The lowest BCUT2D eigenvalue weighted by Crippen LogP contribution is -2.41. The first-order chi connectivity index (χ1) is 9.88. The van der Waals surface area contributed by atoms with E-state index in [-0.39, 0.29) is 0 Å². The molecule has 1 aliphatic rings. The SMILES string of the molecule is CNC1CCCCC1OCc1cccc2cccnc12. The summed E-state index contributed by atoms with van der Waals surface area (Å²) in [5, 5.41) is 4.57. The zero-order valence-electron chi connectivity index (χ0n) is 12.0. The van der Waals surface area contributed by atoms with Gasteiger partial charge in [0.25, 0.3) is 0 Å². The summed E-state index contributed by atoms with van der Waals surface area (Å²) in [5.41, 5.74) is 2.25. The molecule has 0 bridgehead atoms. The van der Waals surface area contributed by atoms with Crippen LogP contribution in [-0.4, -0.2) is 24.2 Å². The van der Waals surface area contributed by atoms with Crippen LogP contribution in [0.5, 0.6) is 0 Å². The Bertz CT molecular complexity index is 564. The molecule has 3 nitrogen and oxygen atoms in total. The lowest BCUT2D eigenvalue weighted by molar-refractivity contribution is -0.00318. The molecule has 0 spiro atoms. The van der Waals surface area contributed by atoms with Crippen LogP contribution >= 0.6 is 0 Å². The van der Waals surface area contributed by atoms with Crippen molar-refractivity contribution in [1.29, 1.82) is 0 Å². The molecule has 20 heavy (non-hydrogen) atoms. The maximum absolute atomic E-state index is 6.18. The molecule has 1 saturated carbocycles. The van der Waals surface area contributed by atoms with Crippen molar-refractivity contribution in [2.24, 2.45) is 0 Å². The Hall–Kier alpha value is -1.45. The van der Waals surface area contributed by atoms with Gasteiger partial charge in [0.2, 0.25) is 0 Å². The molecular formula is C17H22N2O. The molecule has 1 heterocycles. The maximum atomic E-state index is 6.18. The van der Waals surface area contributed by atoms with Crippen LogP contribution in [0.2, 0.25) is 0 Å². The van der Waals surface area contributed by atoms with Crippen LogP contribution in [-0.2, 0) is 11.3 Å². The average Bonchev–Trinajstić information content (AvgIpc) is 2.53. The van der Waals surface area contributed by atoms with Gasteiger partial charge in [-0.05, 0) is 26.0 Å². The number of ether oxygens (including phenoxy) is 1. The summed E-state index contributed by atoms with van der Waals surface area (Å²) >= 11 is 0. The standard InChI is InChI=1S/C17H22N2O/c1-18-15-9-2-3-10-16(15)20-12-14-7-4-6-13-8-5-11-19-17(13)14/h4-8,11,15-16,18H,2-3,9-10,12H2,1H3. The molecule has 3 heteroatoms. The Morgan fingerprint density at radius 2 is 2.05 bits per heavy atom. The van der Waals surface area contributed by atoms with Gasteiger partial charge in [0.1, 0.15) is 0 Å². The molecule has 2 unspecified atom stereocenters. The van der Waals surface area contributed by atoms with Crippen molar-refractivity contribution < 1.29 is 4.74 Å². The van der Waals surface area contributed by atoms with Crippen molar-refractivity contribution in [2.75, 3.05) is 7.05 Å². The number of likely N-dealkylation sites (N-methyl/N-ethyl adjacent to an activating group) is 1. The molecule has 0 aliphatic heterocycles. The van der Waals surface area contributed by atoms with Gasteiger partial charge in [0, 0.05) is 23.2 Å². The number of benzene rings is 1. The average molecular weight is 270 g/mol. The molecule has 2 atom stereocenters. The molecule has 0 amide bonds. The predicted octanol–water partition coefficient (Wildman–Crippen LogP) is 3.28. The fourth-order valence-electron chi connectivity index (χ4n) is 3.11. The first-order valence-corrected chi connectivity index (χ1v) is 7.50. The van der Waals surface area contributed by atoms with E-state index in [1.165, 1.54) is 30.2 Å². The van der Waals surface area contributed by atoms with Crippen molar-refractivity contribution in [3.05, 3.63) is 42.1 Å². The van der Waals surface area contributed by atoms with Gasteiger partial charge in [-0.25, -0.2) is 0 Å². The highest BCUT2D eigenvalue weighted by molar-refractivity contribution is 5.81. The van der Waals surface area contributed by atoms with Crippen molar-refractivity contribution in [1.82, 2.24) is 10.3 Å². The van der Waals surface area contributed by atoms with E-state index in [0.717, 1.165) is 11.9 Å². The van der Waals surface area contributed by atoms with Crippen molar-refractivity contribution >= 4 is 10.9 Å². The number of fused-ring (bicyclic) bond motifs is 1. The number of nitrogens with one attached hydrogen (secondary N) is 1. The van der Waals surface area contributed by atoms with Crippen LogP contribution in [0.3, 0.4) is 0 Å². The van der Waals surface area contributed by atoms with Crippen molar-refractivity contribution in [2.45, 2.75) is 44.4 Å². The zero-order chi connectivity index (χ0) is 13.8. The molecule has 0 radical (unpaired) electrons. The van der Waals surface area contributed by atoms with E-state index < -0.39 is 0 Å². The van der Waals surface area contributed by atoms with Gasteiger partial charge >= 0.3 is 0 Å². The highest BCUT2D eigenvalue weighted by Gasteiger charge is 2.24. The summed E-state index contributed by atoms with van der Waals surface area (Å²) in [6.07, 6.45) is 7.13. The quantitative estimate of drug-likeness (QED) is 0.925. The first kappa shape index (κ1) is 13.5. The lowest BCUT2D eigenvalue weighted by Gasteiger charge is -2.31. The van der Waals surface area contributed by atoms with E-state index in [9.17, 15) is 0 Å². The number of nitrogens with zero attached hydrogens (tertiary/aromatic N) is 1. The molecular weight excluding hydrogens is 248 g/mol. The van der Waals surface area contributed by atoms with Crippen LogP contribution in [0.1, 0.15) is 31.2 Å². The third-order valence-electron chi connectivity index (χ3n) is 4.24. The normalized spacial score (nSPS) is 23.1. The fraction of sp³-hybridized carbons (Fsp3) is 0.471. The van der Waals surface area contributed by atoms with E-state index in [1.807, 2.05) is 19.3 Å².